The molecule has 0 rings (SSSR count). The summed E-state index contributed by atoms with van der Waals surface area (Å²) in [6.45, 7) is 4.49. The van der Waals surface area contributed by atoms with E-state index < -0.39 is 11.9 Å². The first kappa shape index (κ1) is 47.8. The van der Waals surface area contributed by atoms with Crippen LogP contribution in [0.1, 0.15) is 206 Å². The fourth-order valence-electron chi connectivity index (χ4n) is 5.32. The molecule has 0 spiro atoms. The summed E-state index contributed by atoms with van der Waals surface area (Å²) < 4.78 is 0. The maximum atomic E-state index is 10.2. The molecule has 0 aromatic carbocycles. The van der Waals surface area contributed by atoms with Crippen LogP contribution < -0.4 is 10.2 Å². The number of unbranched alkanes of at least 4 members (excludes halogenated alkanes) is 20. The zero-order chi connectivity index (χ0) is 31.5. The number of carboxylic acid groups (broad SMARTS) is 2. The molecule has 0 bridgehead atoms. The van der Waals surface area contributed by atoms with Crippen LogP contribution >= 0.6 is 0 Å². The molecule has 43 heavy (non-hydrogen) atoms. The summed E-state index contributed by atoms with van der Waals surface area (Å²) >= 11 is 0. The topological polar surface area (TPSA) is 121 Å². The van der Waals surface area contributed by atoms with Crippen LogP contribution in [0.25, 0.3) is 0 Å². The van der Waals surface area contributed by atoms with E-state index in [9.17, 15) is 30.0 Å². The first-order valence-electron chi connectivity index (χ1n) is 18.1. The van der Waals surface area contributed by atoms with Gasteiger partial charge in [-0.05, 0) is 51.4 Å². The van der Waals surface area contributed by atoms with Gasteiger partial charge in [-0.1, -0.05) is 155 Å². The number of hydrogen-bond acceptors (Lipinski definition) is 6. The second-order valence-electron chi connectivity index (χ2n) is 12.5. The maximum Gasteiger partial charge on any atom is 2.00 e. The minimum absolute atomic E-state index is 0. The van der Waals surface area contributed by atoms with E-state index in [1.165, 1.54) is 103 Å². The van der Waals surface area contributed by atoms with Gasteiger partial charge in [0.1, 0.15) is 0 Å². The van der Waals surface area contributed by atoms with Gasteiger partial charge in [0.05, 0.1) is 12.2 Å². The molecule has 0 aliphatic carbocycles. The van der Waals surface area contributed by atoms with Crippen molar-refractivity contribution < 1.29 is 30.0 Å². The average molecular weight is 736 g/mol. The number of aliphatic carboxylic acids is 2. The van der Waals surface area contributed by atoms with Crippen LogP contribution in [-0.2, 0) is 9.59 Å². The van der Waals surface area contributed by atoms with Gasteiger partial charge in [0.15, 0.2) is 0 Å². The Balaban J connectivity index is -0.000000727. The van der Waals surface area contributed by atoms with Gasteiger partial charge in [-0.25, -0.2) is 0 Å². The molecule has 2 atom stereocenters. The van der Waals surface area contributed by atoms with Gasteiger partial charge in [-0.15, -0.1) is 0 Å². The maximum absolute atomic E-state index is 10.2. The number of carbonyl (C=O) groups is 2. The Morgan fingerprint density at radius 3 is 0.860 bits per heavy atom. The molecule has 252 valence electrons. The molecular weight excluding hydrogens is 666 g/mol. The molecule has 0 aromatic heterocycles. The van der Waals surface area contributed by atoms with Crippen molar-refractivity contribution in [2.45, 2.75) is 219 Å². The van der Waals surface area contributed by atoms with Crippen molar-refractivity contribution in [1.82, 2.24) is 0 Å². The van der Waals surface area contributed by atoms with Crippen LogP contribution in [-0.4, -0.2) is 83.2 Å². The molecule has 0 radical (unpaired) electrons. The molecule has 6 nitrogen and oxygen atoms in total. The third-order valence-electron chi connectivity index (χ3n) is 8.12. The molecule has 0 aliphatic heterocycles. The van der Waals surface area contributed by atoms with Crippen molar-refractivity contribution in [3.8, 4) is 0 Å². The second-order valence-corrected chi connectivity index (χ2v) is 12.5. The van der Waals surface area contributed by atoms with Crippen molar-refractivity contribution in [3.05, 3.63) is 0 Å². The number of aliphatic hydroxyl groups is 2. The minimum Gasteiger partial charge on any atom is -0.550 e. The third-order valence-corrected chi connectivity index (χ3v) is 8.12. The van der Waals surface area contributed by atoms with Crippen LogP contribution in [0.3, 0.4) is 0 Å². The van der Waals surface area contributed by atoms with Gasteiger partial charge < -0.3 is 30.0 Å². The Hall–Kier alpha value is 0.431. The Bertz CT molecular complexity index is 512. The molecule has 0 fully saturated rings. The van der Waals surface area contributed by atoms with Crippen LogP contribution in [0, 0.1) is 0 Å². The van der Waals surface area contributed by atoms with Crippen molar-refractivity contribution in [2.75, 3.05) is 0 Å². The van der Waals surface area contributed by atoms with E-state index in [-0.39, 0.29) is 73.9 Å². The Morgan fingerprint density at radius 2 is 0.628 bits per heavy atom. The molecular formula is C36H70BaO6. The Labute approximate surface area is 307 Å². The van der Waals surface area contributed by atoms with E-state index in [2.05, 4.69) is 13.8 Å². The predicted molar refractivity (Wildman–Crippen MR) is 178 cm³/mol. The SMILES string of the molecule is CCCCCCCCCCCC(O)CCCCCC(=O)[O-].CCCCCCCCCCCC(O)CCCCCC(=O)[O-].[Ba+2]. The fourth-order valence-corrected chi connectivity index (χ4v) is 5.32. The van der Waals surface area contributed by atoms with Gasteiger partial charge in [-0.3, -0.25) is 0 Å². The van der Waals surface area contributed by atoms with Crippen molar-refractivity contribution >= 4 is 60.8 Å². The number of aliphatic hydroxyl groups excluding tert-OH is 2. The van der Waals surface area contributed by atoms with Crippen LogP contribution in [0.4, 0.5) is 0 Å². The summed E-state index contributed by atoms with van der Waals surface area (Å²) in [5.41, 5.74) is 0. The standard InChI is InChI=1S/2C18H36O3.Ba/c2*1-2-3-4-5-6-7-8-9-11-14-17(19)15-12-10-13-16-18(20)21;/h2*17,19H,2-16H2,1H3,(H,20,21);/q;;+2/p-2. The first-order valence-corrected chi connectivity index (χ1v) is 18.1. The van der Waals surface area contributed by atoms with Gasteiger partial charge in [-0.2, -0.15) is 0 Å². The van der Waals surface area contributed by atoms with Crippen molar-refractivity contribution in [1.29, 1.82) is 0 Å². The van der Waals surface area contributed by atoms with E-state index in [1.807, 2.05) is 0 Å². The van der Waals surface area contributed by atoms with Crippen LogP contribution in [0.15, 0.2) is 0 Å². The molecule has 0 saturated carbocycles. The summed E-state index contributed by atoms with van der Waals surface area (Å²) in [4.78, 5) is 20.5. The van der Waals surface area contributed by atoms with Crippen LogP contribution in [0.2, 0.25) is 0 Å². The normalized spacial score (nSPS) is 12.2. The first-order chi connectivity index (χ1) is 20.3. The van der Waals surface area contributed by atoms with Gasteiger partial charge >= 0.3 is 48.9 Å². The summed E-state index contributed by atoms with van der Waals surface area (Å²) in [7, 11) is 0. The molecule has 0 heterocycles. The molecule has 0 aliphatic rings. The summed E-state index contributed by atoms with van der Waals surface area (Å²) in [6, 6.07) is 0. The number of hydrogen-bond donors (Lipinski definition) is 2. The van der Waals surface area contributed by atoms with Gasteiger partial charge in [0, 0.05) is 11.9 Å². The zero-order valence-electron chi connectivity index (χ0n) is 28.6. The largest absolute Gasteiger partial charge is 2.00 e. The van der Waals surface area contributed by atoms with Gasteiger partial charge in [0.25, 0.3) is 0 Å². The average Bonchev–Trinajstić information content (AvgIpc) is 2.95. The molecule has 0 amide bonds. The molecule has 7 heteroatoms. The number of rotatable bonds is 32. The monoisotopic (exact) mass is 736 g/mol. The Morgan fingerprint density at radius 1 is 0.419 bits per heavy atom. The fraction of sp³-hybridized carbons (Fsp3) is 0.944. The smallest absolute Gasteiger partial charge is 0.550 e. The second kappa shape index (κ2) is 40.5. The molecule has 2 N–H and O–H groups in total. The quantitative estimate of drug-likeness (QED) is 0.0544. The molecule has 2 unspecified atom stereocenters. The summed E-state index contributed by atoms with van der Waals surface area (Å²) in [6.07, 6.45) is 31.8. The minimum atomic E-state index is -0.967. The van der Waals surface area contributed by atoms with Crippen molar-refractivity contribution in [2.24, 2.45) is 0 Å². The van der Waals surface area contributed by atoms with E-state index >= 15 is 0 Å². The number of carbonyl (C=O) groups excluding carboxylic acids is 2. The van der Waals surface area contributed by atoms with Gasteiger partial charge in [0.2, 0.25) is 0 Å². The van der Waals surface area contributed by atoms with Crippen molar-refractivity contribution in [3.63, 3.8) is 0 Å². The third kappa shape index (κ3) is 47.0. The zero-order valence-corrected chi connectivity index (χ0v) is 33.0. The molecule has 0 saturated heterocycles. The summed E-state index contributed by atoms with van der Waals surface area (Å²) in [5.74, 6) is -1.93. The van der Waals surface area contributed by atoms with Crippen LogP contribution in [0.5, 0.6) is 0 Å². The van der Waals surface area contributed by atoms with E-state index in [4.69, 9.17) is 0 Å². The Kier molecular flexibility index (Phi) is 45.0. The summed E-state index contributed by atoms with van der Waals surface area (Å²) in [5, 5.41) is 40.1. The van der Waals surface area contributed by atoms with E-state index in [0.717, 1.165) is 64.2 Å². The van der Waals surface area contributed by atoms with E-state index in [1.54, 1.807) is 0 Å². The predicted octanol–water partition coefficient (Wildman–Crippen LogP) is 7.56. The van der Waals surface area contributed by atoms with E-state index in [0.29, 0.717) is 12.8 Å². The molecule has 0 aromatic rings. The number of carboxylic acids is 2.